The molecule has 0 saturated heterocycles. The number of anilines is 3. The second-order valence-electron chi connectivity index (χ2n) is 4.11. The van der Waals surface area contributed by atoms with Gasteiger partial charge in [0.1, 0.15) is 0 Å². The van der Waals surface area contributed by atoms with Crippen molar-refractivity contribution < 1.29 is 18.7 Å². The van der Waals surface area contributed by atoms with Gasteiger partial charge in [-0.2, -0.15) is 8.78 Å². The fourth-order valence-electron chi connectivity index (χ4n) is 1.72. The number of thioether (sulfide) groups is 1. The Kier molecular flexibility index (Phi) is 4.64. The molecule has 2 rings (SSSR count). The Morgan fingerprint density at radius 1 is 1.19 bits per heavy atom. The number of nitrogens with two attached hydrogens (primary N) is 1. The van der Waals surface area contributed by atoms with Gasteiger partial charge in [-0.05, 0) is 30.3 Å². The van der Waals surface area contributed by atoms with Crippen molar-refractivity contribution in [1.82, 2.24) is 0 Å². The molecule has 0 aliphatic rings. The van der Waals surface area contributed by atoms with Crippen molar-refractivity contribution in [1.29, 1.82) is 0 Å². The summed E-state index contributed by atoms with van der Waals surface area (Å²) < 4.78 is 25.0. The van der Waals surface area contributed by atoms with E-state index in [1.165, 1.54) is 18.2 Å². The van der Waals surface area contributed by atoms with E-state index in [0.717, 1.165) is 0 Å². The number of halogens is 2. The maximum atomic E-state index is 12.5. The molecule has 0 heterocycles. The SMILES string of the molecule is Nc1cc(C(=O)O)ccc1Nc1ccccc1SC(F)F. The summed E-state index contributed by atoms with van der Waals surface area (Å²) in [6.07, 6.45) is 0. The molecule has 0 aliphatic carbocycles. The Labute approximate surface area is 124 Å². The largest absolute Gasteiger partial charge is 0.478 e. The monoisotopic (exact) mass is 310 g/mol. The third-order valence-electron chi connectivity index (χ3n) is 2.67. The Balaban J connectivity index is 2.28. The Morgan fingerprint density at radius 2 is 1.90 bits per heavy atom. The molecule has 7 heteroatoms. The molecule has 0 unspecified atom stereocenters. The number of hydrogen-bond acceptors (Lipinski definition) is 4. The van der Waals surface area contributed by atoms with E-state index in [0.29, 0.717) is 28.0 Å². The third-order valence-corrected chi connectivity index (χ3v) is 3.46. The minimum absolute atomic E-state index is 0.0632. The van der Waals surface area contributed by atoms with E-state index in [4.69, 9.17) is 10.8 Å². The number of rotatable bonds is 5. The van der Waals surface area contributed by atoms with Crippen LogP contribution in [0.25, 0.3) is 0 Å². The molecule has 110 valence electrons. The molecule has 0 aromatic heterocycles. The molecular weight excluding hydrogens is 298 g/mol. The number of para-hydroxylation sites is 1. The Morgan fingerprint density at radius 3 is 2.52 bits per heavy atom. The van der Waals surface area contributed by atoms with E-state index in [1.807, 2.05) is 0 Å². The molecule has 0 spiro atoms. The summed E-state index contributed by atoms with van der Waals surface area (Å²) in [5.74, 6) is -3.61. The van der Waals surface area contributed by atoms with Crippen LogP contribution in [-0.2, 0) is 0 Å². The minimum Gasteiger partial charge on any atom is -0.478 e. The van der Waals surface area contributed by atoms with Gasteiger partial charge < -0.3 is 16.2 Å². The number of aromatic carboxylic acids is 1. The predicted octanol–water partition coefficient (Wildman–Crippen LogP) is 4.03. The Bertz CT molecular complexity index is 665. The normalized spacial score (nSPS) is 10.6. The van der Waals surface area contributed by atoms with Gasteiger partial charge in [0.15, 0.2) is 0 Å². The number of carboxylic acid groups (broad SMARTS) is 1. The lowest BCUT2D eigenvalue weighted by molar-refractivity contribution is 0.0697. The van der Waals surface area contributed by atoms with Crippen LogP contribution in [0.15, 0.2) is 47.4 Å². The summed E-state index contributed by atoms with van der Waals surface area (Å²) >= 11 is 0.427. The summed E-state index contributed by atoms with van der Waals surface area (Å²) in [6, 6.07) is 10.8. The average molecular weight is 310 g/mol. The number of alkyl halides is 2. The quantitative estimate of drug-likeness (QED) is 0.574. The van der Waals surface area contributed by atoms with Crippen LogP contribution in [0, 0.1) is 0 Å². The maximum absolute atomic E-state index is 12.5. The van der Waals surface area contributed by atoms with Gasteiger partial charge in [0, 0.05) is 4.90 Å². The molecule has 0 radical (unpaired) electrons. The summed E-state index contributed by atoms with van der Waals surface area (Å²) in [7, 11) is 0. The molecule has 0 amide bonds. The molecule has 0 saturated carbocycles. The van der Waals surface area contributed by atoms with E-state index in [9.17, 15) is 13.6 Å². The zero-order valence-corrected chi connectivity index (χ0v) is 11.5. The second-order valence-corrected chi connectivity index (χ2v) is 5.14. The molecule has 2 aromatic rings. The number of hydrogen-bond donors (Lipinski definition) is 3. The highest BCUT2D eigenvalue weighted by Crippen LogP contribution is 2.34. The van der Waals surface area contributed by atoms with Crippen LogP contribution < -0.4 is 11.1 Å². The van der Waals surface area contributed by atoms with Crippen molar-refractivity contribution in [3.05, 3.63) is 48.0 Å². The molecule has 21 heavy (non-hydrogen) atoms. The van der Waals surface area contributed by atoms with Gasteiger partial charge in [-0.1, -0.05) is 23.9 Å². The van der Waals surface area contributed by atoms with Crippen molar-refractivity contribution in [2.75, 3.05) is 11.1 Å². The summed E-state index contributed by atoms with van der Waals surface area (Å²) in [5.41, 5.74) is 7.01. The molecule has 4 nitrogen and oxygen atoms in total. The van der Waals surface area contributed by atoms with E-state index < -0.39 is 11.7 Å². The number of nitrogens with one attached hydrogen (secondary N) is 1. The molecule has 0 aliphatic heterocycles. The number of carbonyl (C=O) groups is 1. The second kappa shape index (κ2) is 6.45. The van der Waals surface area contributed by atoms with Crippen LogP contribution in [0.3, 0.4) is 0 Å². The van der Waals surface area contributed by atoms with Gasteiger partial charge in [-0.15, -0.1) is 0 Å². The van der Waals surface area contributed by atoms with Crippen molar-refractivity contribution in [2.24, 2.45) is 0 Å². The van der Waals surface area contributed by atoms with E-state index in [2.05, 4.69) is 5.32 Å². The highest BCUT2D eigenvalue weighted by molar-refractivity contribution is 7.99. The fraction of sp³-hybridized carbons (Fsp3) is 0.0714. The first-order chi connectivity index (χ1) is 9.97. The average Bonchev–Trinajstić information content (AvgIpc) is 2.42. The van der Waals surface area contributed by atoms with Crippen molar-refractivity contribution in [3.8, 4) is 0 Å². The van der Waals surface area contributed by atoms with E-state index in [1.54, 1.807) is 24.3 Å². The number of nitrogen functional groups attached to an aromatic ring is 1. The van der Waals surface area contributed by atoms with Crippen LogP contribution in [0.4, 0.5) is 25.8 Å². The summed E-state index contributed by atoms with van der Waals surface area (Å²) in [5, 5.41) is 11.8. The summed E-state index contributed by atoms with van der Waals surface area (Å²) in [6.45, 7) is 0. The van der Waals surface area contributed by atoms with E-state index in [-0.39, 0.29) is 11.3 Å². The fourth-order valence-corrected chi connectivity index (χ4v) is 2.32. The number of benzene rings is 2. The molecule has 4 N–H and O–H groups in total. The van der Waals surface area contributed by atoms with Crippen molar-refractivity contribution >= 4 is 34.8 Å². The van der Waals surface area contributed by atoms with Gasteiger partial charge in [-0.25, -0.2) is 4.79 Å². The third kappa shape index (κ3) is 3.85. The standard InChI is InChI=1S/C14H12F2N2O2S/c15-14(16)21-12-4-2-1-3-11(12)18-10-6-5-8(13(19)20)7-9(10)17/h1-7,14,18H,17H2,(H,19,20). The van der Waals surface area contributed by atoms with Gasteiger partial charge >= 0.3 is 5.97 Å². The van der Waals surface area contributed by atoms with Crippen LogP contribution in [0.2, 0.25) is 0 Å². The van der Waals surface area contributed by atoms with Crippen LogP contribution in [-0.4, -0.2) is 16.8 Å². The molecular formula is C14H12F2N2O2S. The first-order valence-electron chi connectivity index (χ1n) is 5.91. The first kappa shape index (κ1) is 15.1. The van der Waals surface area contributed by atoms with Crippen molar-refractivity contribution in [2.45, 2.75) is 10.7 Å². The van der Waals surface area contributed by atoms with Gasteiger partial charge in [0.25, 0.3) is 5.76 Å². The summed E-state index contributed by atoms with van der Waals surface area (Å²) in [4.78, 5) is 11.2. The smallest absolute Gasteiger partial charge is 0.335 e. The van der Waals surface area contributed by atoms with Gasteiger partial charge in [-0.3, -0.25) is 0 Å². The highest BCUT2D eigenvalue weighted by Gasteiger charge is 2.11. The van der Waals surface area contributed by atoms with Crippen molar-refractivity contribution in [3.63, 3.8) is 0 Å². The lowest BCUT2D eigenvalue weighted by atomic mass is 10.1. The predicted molar refractivity (Wildman–Crippen MR) is 79.4 cm³/mol. The molecule has 2 aromatic carbocycles. The zero-order valence-electron chi connectivity index (χ0n) is 10.7. The number of carboxylic acids is 1. The molecule has 0 fully saturated rings. The van der Waals surface area contributed by atoms with Gasteiger partial charge in [0.2, 0.25) is 0 Å². The van der Waals surface area contributed by atoms with Crippen LogP contribution in [0.5, 0.6) is 0 Å². The zero-order chi connectivity index (χ0) is 15.4. The highest BCUT2D eigenvalue weighted by atomic mass is 32.2. The molecule has 0 bridgehead atoms. The van der Waals surface area contributed by atoms with Crippen LogP contribution >= 0.6 is 11.8 Å². The minimum atomic E-state index is -2.53. The first-order valence-corrected chi connectivity index (χ1v) is 6.79. The Hall–Kier alpha value is -2.28. The molecule has 0 atom stereocenters. The van der Waals surface area contributed by atoms with Gasteiger partial charge in [0.05, 0.1) is 22.6 Å². The van der Waals surface area contributed by atoms with E-state index >= 15 is 0 Å². The topological polar surface area (TPSA) is 75.4 Å². The lowest BCUT2D eigenvalue weighted by Crippen LogP contribution is -2.02. The maximum Gasteiger partial charge on any atom is 0.335 e. The van der Waals surface area contributed by atoms with Crippen LogP contribution in [0.1, 0.15) is 10.4 Å². The lowest BCUT2D eigenvalue weighted by Gasteiger charge is -2.13.